The molecule has 8 heteroatoms. The molecule has 3 amide bonds. The highest BCUT2D eigenvalue weighted by Crippen LogP contribution is 2.14. The van der Waals surface area contributed by atoms with E-state index in [1.165, 1.54) is 0 Å². The van der Waals surface area contributed by atoms with Gasteiger partial charge in [-0.3, -0.25) is 15.0 Å². The molecule has 8 nitrogen and oxygen atoms in total. The molecule has 0 aliphatic rings. The van der Waals surface area contributed by atoms with Crippen molar-refractivity contribution in [3.63, 3.8) is 0 Å². The molecule has 0 saturated heterocycles. The van der Waals surface area contributed by atoms with Gasteiger partial charge >= 0.3 is 6.03 Å². The van der Waals surface area contributed by atoms with Crippen LogP contribution in [0.3, 0.4) is 0 Å². The molecule has 0 spiro atoms. The Morgan fingerprint density at radius 1 is 1.12 bits per heavy atom. The molecule has 0 fully saturated rings. The zero-order chi connectivity index (χ0) is 18.8. The fourth-order valence-electron chi connectivity index (χ4n) is 2.02. The minimum absolute atomic E-state index is 0.0816. The van der Waals surface area contributed by atoms with E-state index in [1.54, 1.807) is 0 Å². The fourth-order valence-corrected chi connectivity index (χ4v) is 2.02. The van der Waals surface area contributed by atoms with E-state index in [0.717, 1.165) is 11.1 Å². The Kier molecular flexibility index (Phi) is 8.28. The van der Waals surface area contributed by atoms with Gasteiger partial charge in [0.1, 0.15) is 5.78 Å². The Morgan fingerprint density at radius 3 is 2.44 bits per heavy atom. The van der Waals surface area contributed by atoms with Crippen LogP contribution in [0.5, 0.6) is 0 Å². The highest BCUT2D eigenvalue weighted by Gasteiger charge is 2.11. The summed E-state index contributed by atoms with van der Waals surface area (Å²) in [7, 11) is 0. The molecule has 0 unspecified atom stereocenters. The van der Waals surface area contributed by atoms with Gasteiger partial charge in [-0.25, -0.2) is 16.1 Å². The molecular formula is C17H25N5O3. The molecule has 0 aliphatic carbocycles. The van der Waals surface area contributed by atoms with Crippen LogP contribution in [0.1, 0.15) is 43.7 Å². The third kappa shape index (κ3) is 7.58. The van der Waals surface area contributed by atoms with Crippen molar-refractivity contribution in [3.8, 4) is 0 Å². The number of anilines is 1. The number of nitrogens with one attached hydrogen (secondary N) is 3. The van der Waals surface area contributed by atoms with Crippen LogP contribution < -0.4 is 22.0 Å². The SMILES string of the molecule is CC/C(CC(=O)CCC(=O)Nc1ccc(C)c(C)c1)=N\NC(=O)NN. The van der Waals surface area contributed by atoms with E-state index in [0.29, 0.717) is 17.8 Å². The lowest BCUT2D eigenvalue weighted by Gasteiger charge is -2.08. The summed E-state index contributed by atoms with van der Waals surface area (Å²) in [5.41, 5.74) is 7.52. The van der Waals surface area contributed by atoms with Gasteiger partial charge in [-0.15, -0.1) is 0 Å². The zero-order valence-corrected chi connectivity index (χ0v) is 14.8. The quantitative estimate of drug-likeness (QED) is 0.248. The van der Waals surface area contributed by atoms with Crippen molar-refractivity contribution in [3.05, 3.63) is 29.3 Å². The molecule has 0 heterocycles. The van der Waals surface area contributed by atoms with Crippen molar-refractivity contribution >= 4 is 29.1 Å². The van der Waals surface area contributed by atoms with Gasteiger partial charge in [-0.05, 0) is 43.5 Å². The zero-order valence-electron chi connectivity index (χ0n) is 14.8. The maximum Gasteiger partial charge on any atom is 0.349 e. The Morgan fingerprint density at radius 2 is 1.84 bits per heavy atom. The lowest BCUT2D eigenvalue weighted by Crippen LogP contribution is -2.37. The molecule has 0 atom stereocenters. The Bertz CT molecular complexity index is 670. The van der Waals surface area contributed by atoms with E-state index in [1.807, 2.05) is 44.4 Å². The summed E-state index contributed by atoms with van der Waals surface area (Å²) >= 11 is 0. The van der Waals surface area contributed by atoms with E-state index in [4.69, 9.17) is 5.84 Å². The third-order valence-corrected chi connectivity index (χ3v) is 3.68. The van der Waals surface area contributed by atoms with Crippen molar-refractivity contribution < 1.29 is 14.4 Å². The second kappa shape index (κ2) is 10.2. The minimum atomic E-state index is -0.661. The number of urea groups is 1. The second-order valence-corrected chi connectivity index (χ2v) is 5.68. The summed E-state index contributed by atoms with van der Waals surface area (Å²) in [5.74, 6) is 4.58. The largest absolute Gasteiger partial charge is 0.349 e. The summed E-state index contributed by atoms with van der Waals surface area (Å²) in [6.07, 6.45) is 0.794. The number of carbonyl (C=O) groups is 3. The van der Waals surface area contributed by atoms with Gasteiger partial charge < -0.3 is 5.32 Å². The maximum absolute atomic E-state index is 12.0. The van der Waals surface area contributed by atoms with Crippen LogP contribution in [0.15, 0.2) is 23.3 Å². The van der Waals surface area contributed by atoms with Crippen LogP contribution in [0.25, 0.3) is 0 Å². The van der Waals surface area contributed by atoms with Crippen LogP contribution in [-0.4, -0.2) is 23.4 Å². The normalized spacial score (nSPS) is 11.0. The lowest BCUT2D eigenvalue weighted by molar-refractivity contribution is -0.122. The summed E-state index contributed by atoms with van der Waals surface area (Å²) < 4.78 is 0. The molecule has 1 aromatic carbocycles. The standard InChI is InChI=1S/C17H25N5O3/c1-4-13(21-22-17(25)20-18)10-15(23)7-8-16(24)19-14-6-5-11(2)12(3)9-14/h5-6,9H,4,7-8,10,18H2,1-3H3,(H,19,24)(H2,20,22,25)/b21-13+. The highest BCUT2D eigenvalue weighted by molar-refractivity contribution is 6.03. The smallest absolute Gasteiger partial charge is 0.326 e. The van der Waals surface area contributed by atoms with Crippen molar-refractivity contribution in [2.24, 2.45) is 10.9 Å². The monoisotopic (exact) mass is 347 g/mol. The van der Waals surface area contributed by atoms with Gasteiger partial charge in [-0.2, -0.15) is 5.10 Å². The summed E-state index contributed by atoms with van der Waals surface area (Å²) in [4.78, 5) is 34.9. The van der Waals surface area contributed by atoms with Gasteiger partial charge in [0, 0.05) is 30.7 Å². The molecule has 0 bridgehead atoms. The number of aryl methyl sites for hydroxylation is 2. The summed E-state index contributed by atoms with van der Waals surface area (Å²) in [5, 5.41) is 6.60. The Balaban J connectivity index is 2.45. The van der Waals surface area contributed by atoms with Crippen molar-refractivity contribution in [2.75, 3.05) is 5.32 Å². The van der Waals surface area contributed by atoms with E-state index in [9.17, 15) is 14.4 Å². The van der Waals surface area contributed by atoms with Gasteiger partial charge in [0.05, 0.1) is 0 Å². The molecule has 0 aliphatic heterocycles. The first-order valence-corrected chi connectivity index (χ1v) is 8.06. The molecule has 1 aromatic rings. The van der Waals surface area contributed by atoms with Crippen LogP contribution in [0.4, 0.5) is 10.5 Å². The highest BCUT2D eigenvalue weighted by atomic mass is 16.2. The molecular weight excluding hydrogens is 322 g/mol. The number of hydrazine groups is 1. The predicted molar refractivity (Wildman–Crippen MR) is 97.0 cm³/mol. The summed E-state index contributed by atoms with van der Waals surface area (Å²) in [6.45, 7) is 5.79. The number of hydrazone groups is 1. The average molecular weight is 347 g/mol. The molecule has 25 heavy (non-hydrogen) atoms. The number of nitrogens with two attached hydrogens (primary N) is 1. The van der Waals surface area contributed by atoms with Crippen molar-refractivity contribution in [1.82, 2.24) is 10.9 Å². The van der Waals surface area contributed by atoms with E-state index in [-0.39, 0.29) is 31.0 Å². The first-order chi connectivity index (χ1) is 11.8. The molecule has 0 saturated carbocycles. The number of hydrogen-bond acceptors (Lipinski definition) is 5. The maximum atomic E-state index is 12.0. The topological polar surface area (TPSA) is 126 Å². The van der Waals surface area contributed by atoms with Crippen LogP contribution in [-0.2, 0) is 9.59 Å². The molecule has 5 N–H and O–H groups in total. The minimum Gasteiger partial charge on any atom is -0.326 e. The van der Waals surface area contributed by atoms with Gasteiger partial charge in [-0.1, -0.05) is 13.0 Å². The first-order valence-electron chi connectivity index (χ1n) is 8.06. The number of Topliss-reactive ketones (excluding diaryl/α,β-unsaturated/α-hetero) is 1. The van der Waals surface area contributed by atoms with Gasteiger partial charge in [0.2, 0.25) is 5.91 Å². The van der Waals surface area contributed by atoms with Crippen molar-refractivity contribution in [2.45, 2.75) is 46.5 Å². The van der Waals surface area contributed by atoms with Crippen molar-refractivity contribution in [1.29, 1.82) is 0 Å². The second-order valence-electron chi connectivity index (χ2n) is 5.68. The molecule has 0 aromatic heterocycles. The van der Waals surface area contributed by atoms with Gasteiger partial charge in [0.15, 0.2) is 0 Å². The Labute approximate surface area is 147 Å². The Hall–Kier alpha value is -2.74. The number of rotatable bonds is 8. The molecule has 1 rings (SSSR count). The number of amides is 3. The van der Waals surface area contributed by atoms with Crippen LogP contribution >= 0.6 is 0 Å². The van der Waals surface area contributed by atoms with Gasteiger partial charge in [0.25, 0.3) is 0 Å². The summed E-state index contributed by atoms with van der Waals surface area (Å²) in [6, 6.07) is 5.00. The number of ketones is 1. The molecule has 0 radical (unpaired) electrons. The first kappa shape index (κ1) is 20.3. The van der Waals surface area contributed by atoms with E-state index in [2.05, 4.69) is 15.8 Å². The number of hydrogen-bond donors (Lipinski definition) is 4. The fraction of sp³-hybridized carbons (Fsp3) is 0.412. The molecule has 136 valence electrons. The predicted octanol–water partition coefficient (Wildman–Crippen LogP) is 1.92. The van der Waals surface area contributed by atoms with Crippen LogP contribution in [0, 0.1) is 13.8 Å². The number of benzene rings is 1. The average Bonchev–Trinajstić information content (AvgIpc) is 2.59. The lowest BCUT2D eigenvalue weighted by atomic mass is 10.1. The number of nitrogens with zero attached hydrogens (tertiary/aromatic N) is 1. The van der Waals surface area contributed by atoms with Crippen LogP contribution in [0.2, 0.25) is 0 Å². The van der Waals surface area contributed by atoms with E-state index < -0.39 is 6.03 Å². The van der Waals surface area contributed by atoms with E-state index >= 15 is 0 Å². The number of carbonyl (C=O) groups excluding carboxylic acids is 3. The third-order valence-electron chi connectivity index (χ3n) is 3.68.